The van der Waals surface area contributed by atoms with Crippen LogP contribution in [0.3, 0.4) is 0 Å². The minimum absolute atomic E-state index is 0.875. The van der Waals surface area contributed by atoms with Crippen molar-refractivity contribution >= 4 is 32.8 Å². The zero-order valence-corrected chi connectivity index (χ0v) is 12.2. The van der Waals surface area contributed by atoms with E-state index < -0.39 is 0 Å². The summed E-state index contributed by atoms with van der Waals surface area (Å²) in [6, 6.07) is 18.4. The third kappa shape index (κ3) is 1.75. The standard InChI is InChI=1S/C19H12N4/c1-2-6-14(7-3-1)23-12-22-16-11-21-15-9-8-13-5-4-10-20-18(13)17(15)19(16)23/h1-12H. The molecular weight excluding hydrogens is 284 g/mol. The lowest BCUT2D eigenvalue weighted by molar-refractivity contribution is 1.10. The second kappa shape index (κ2) is 4.61. The first kappa shape index (κ1) is 12.3. The molecule has 0 bridgehead atoms. The molecule has 3 aromatic heterocycles. The van der Waals surface area contributed by atoms with Gasteiger partial charge in [0.1, 0.15) is 11.8 Å². The van der Waals surface area contributed by atoms with Crippen LogP contribution in [0, 0.1) is 0 Å². The van der Waals surface area contributed by atoms with Crippen LogP contribution in [0.2, 0.25) is 0 Å². The fourth-order valence-corrected chi connectivity index (χ4v) is 3.10. The molecule has 0 aliphatic rings. The Labute approximate surface area is 132 Å². The molecule has 2 aromatic carbocycles. The van der Waals surface area contributed by atoms with Crippen molar-refractivity contribution in [1.82, 2.24) is 19.5 Å². The van der Waals surface area contributed by atoms with Crippen molar-refractivity contribution in [2.45, 2.75) is 0 Å². The molecule has 0 radical (unpaired) electrons. The number of pyridine rings is 2. The summed E-state index contributed by atoms with van der Waals surface area (Å²) in [6.07, 6.45) is 5.50. The number of para-hydroxylation sites is 1. The predicted octanol–water partition coefficient (Wildman–Crippen LogP) is 4.12. The Hall–Kier alpha value is -3.27. The maximum Gasteiger partial charge on any atom is 0.108 e. The zero-order chi connectivity index (χ0) is 15.2. The summed E-state index contributed by atoms with van der Waals surface area (Å²) in [4.78, 5) is 13.7. The average Bonchev–Trinajstić information content (AvgIpc) is 3.06. The lowest BCUT2D eigenvalue weighted by atomic mass is 10.1. The third-order valence-corrected chi connectivity index (χ3v) is 4.15. The average molecular weight is 296 g/mol. The molecule has 5 rings (SSSR count). The molecule has 0 spiro atoms. The van der Waals surface area contributed by atoms with Crippen molar-refractivity contribution in [2.75, 3.05) is 0 Å². The van der Waals surface area contributed by atoms with Crippen LogP contribution in [-0.4, -0.2) is 19.5 Å². The number of hydrogen-bond acceptors (Lipinski definition) is 3. The van der Waals surface area contributed by atoms with Gasteiger partial charge in [0.25, 0.3) is 0 Å². The Morgan fingerprint density at radius 1 is 0.739 bits per heavy atom. The molecule has 0 fully saturated rings. The van der Waals surface area contributed by atoms with Crippen LogP contribution in [0.15, 0.2) is 73.3 Å². The van der Waals surface area contributed by atoms with E-state index in [0.29, 0.717) is 0 Å². The van der Waals surface area contributed by atoms with Crippen LogP contribution in [0.5, 0.6) is 0 Å². The van der Waals surface area contributed by atoms with Gasteiger partial charge >= 0.3 is 0 Å². The number of rotatable bonds is 1. The molecule has 0 amide bonds. The number of aromatic nitrogens is 4. The normalized spacial score (nSPS) is 11.5. The SMILES string of the molecule is c1ccc(-n2cnc3cnc4ccc5cccnc5c4c32)cc1. The van der Waals surface area contributed by atoms with E-state index in [-0.39, 0.29) is 0 Å². The second-order valence-corrected chi connectivity index (χ2v) is 5.48. The van der Waals surface area contributed by atoms with Crippen molar-refractivity contribution in [3.05, 3.63) is 73.3 Å². The Morgan fingerprint density at radius 3 is 2.57 bits per heavy atom. The molecule has 4 nitrogen and oxygen atoms in total. The molecule has 0 saturated carbocycles. The lowest BCUT2D eigenvalue weighted by Gasteiger charge is -2.08. The number of imidazole rings is 1. The highest BCUT2D eigenvalue weighted by molar-refractivity contribution is 6.15. The van der Waals surface area contributed by atoms with Crippen molar-refractivity contribution in [3.8, 4) is 5.69 Å². The summed E-state index contributed by atoms with van der Waals surface area (Å²) in [6.45, 7) is 0. The van der Waals surface area contributed by atoms with Crippen molar-refractivity contribution in [2.24, 2.45) is 0 Å². The lowest BCUT2D eigenvalue weighted by Crippen LogP contribution is -1.94. The van der Waals surface area contributed by atoms with Crippen LogP contribution in [0.1, 0.15) is 0 Å². The van der Waals surface area contributed by atoms with Gasteiger partial charge in [0.15, 0.2) is 0 Å². The van der Waals surface area contributed by atoms with Crippen LogP contribution >= 0.6 is 0 Å². The van der Waals surface area contributed by atoms with Gasteiger partial charge in [-0.25, -0.2) is 4.98 Å². The van der Waals surface area contributed by atoms with Crippen molar-refractivity contribution in [1.29, 1.82) is 0 Å². The van der Waals surface area contributed by atoms with Crippen LogP contribution in [0.4, 0.5) is 0 Å². The van der Waals surface area contributed by atoms with Gasteiger partial charge in [0.05, 0.1) is 28.1 Å². The fraction of sp³-hybridized carbons (Fsp3) is 0. The van der Waals surface area contributed by atoms with Crippen LogP contribution < -0.4 is 0 Å². The predicted molar refractivity (Wildman–Crippen MR) is 91.7 cm³/mol. The molecule has 0 aliphatic heterocycles. The van der Waals surface area contributed by atoms with Crippen molar-refractivity contribution in [3.63, 3.8) is 0 Å². The minimum atomic E-state index is 0.875. The molecule has 0 N–H and O–H groups in total. The molecule has 0 unspecified atom stereocenters. The molecule has 0 atom stereocenters. The van der Waals surface area contributed by atoms with Crippen LogP contribution in [0.25, 0.3) is 38.5 Å². The zero-order valence-electron chi connectivity index (χ0n) is 12.2. The summed E-state index contributed by atoms with van der Waals surface area (Å²) >= 11 is 0. The minimum Gasteiger partial charge on any atom is -0.298 e. The summed E-state index contributed by atoms with van der Waals surface area (Å²) in [7, 11) is 0. The Bertz CT molecular complexity index is 1160. The first-order valence-electron chi connectivity index (χ1n) is 7.47. The number of hydrogen-bond donors (Lipinski definition) is 0. The van der Waals surface area contributed by atoms with E-state index in [1.54, 1.807) is 0 Å². The van der Waals surface area contributed by atoms with E-state index in [1.165, 1.54) is 0 Å². The summed E-state index contributed by atoms with van der Waals surface area (Å²) in [5.74, 6) is 0. The molecule has 3 heterocycles. The molecule has 0 aliphatic carbocycles. The maximum atomic E-state index is 4.59. The topological polar surface area (TPSA) is 43.6 Å². The second-order valence-electron chi connectivity index (χ2n) is 5.48. The third-order valence-electron chi connectivity index (χ3n) is 4.15. The maximum absolute atomic E-state index is 4.59. The summed E-state index contributed by atoms with van der Waals surface area (Å²) < 4.78 is 2.10. The van der Waals surface area contributed by atoms with Gasteiger partial charge in [-0.1, -0.05) is 30.3 Å². The quantitative estimate of drug-likeness (QED) is 0.437. The van der Waals surface area contributed by atoms with E-state index in [4.69, 9.17) is 0 Å². The van der Waals surface area contributed by atoms with E-state index in [1.807, 2.05) is 49.1 Å². The van der Waals surface area contributed by atoms with Gasteiger partial charge < -0.3 is 0 Å². The molecule has 4 heteroatoms. The number of nitrogens with zero attached hydrogens (tertiary/aromatic N) is 4. The fourth-order valence-electron chi connectivity index (χ4n) is 3.10. The van der Waals surface area contributed by atoms with E-state index >= 15 is 0 Å². The smallest absolute Gasteiger partial charge is 0.108 e. The number of benzene rings is 2. The van der Waals surface area contributed by atoms with Gasteiger partial charge in [-0.3, -0.25) is 14.5 Å². The highest BCUT2D eigenvalue weighted by Gasteiger charge is 2.13. The van der Waals surface area contributed by atoms with Gasteiger partial charge in [-0.15, -0.1) is 0 Å². The first-order chi connectivity index (χ1) is 11.4. The molecular formula is C19H12N4. The van der Waals surface area contributed by atoms with Gasteiger partial charge in [-0.2, -0.15) is 0 Å². The highest BCUT2D eigenvalue weighted by atomic mass is 15.1. The highest BCUT2D eigenvalue weighted by Crippen LogP contribution is 2.30. The van der Waals surface area contributed by atoms with E-state index in [9.17, 15) is 0 Å². The molecule has 108 valence electrons. The Morgan fingerprint density at radius 2 is 1.65 bits per heavy atom. The van der Waals surface area contributed by atoms with Crippen LogP contribution in [-0.2, 0) is 0 Å². The first-order valence-corrected chi connectivity index (χ1v) is 7.47. The van der Waals surface area contributed by atoms with E-state index in [0.717, 1.165) is 38.5 Å². The summed E-state index contributed by atoms with van der Waals surface area (Å²) in [5.41, 5.74) is 4.89. The van der Waals surface area contributed by atoms with Crippen molar-refractivity contribution < 1.29 is 0 Å². The van der Waals surface area contributed by atoms with Gasteiger partial charge in [0.2, 0.25) is 0 Å². The Kier molecular flexibility index (Phi) is 2.46. The monoisotopic (exact) mass is 296 g/mol. The van der Waals surface area contributed by atoms with E-state index in [2.05, 4.69) is 43.8 Å². The largest absolute Gasteiger partial charge is 0.298 e. The Balaban J connectivity index is 2.03. The van der Waals surface area contributed by atoms with Gasteiger partial charge in [0, 0.05) is 17.3 Å². The molecule has 23 heavy (non-hydrogen) atoms. The van der Waals surface area contributed by atoms with Gasteiger partial charge in [-0.05, 0) is 24.3 Å². The molecule has 5 aromatic rings. The molecule has 0 saturated heterocycles. The number of fused-ring (bicyclic) bond motifs is 5. The summed E-state index contributed by atoms with van der Waals surface area (Å²) in [5, 5.41) is 2.15.